The molecule has 0 radical (unpaired) electrons. The number of halogens is 4. The van der Waals surface area contributed by atoms with Gasteiger partial charge in [0.1, 0.15) is 5.82 Å². The van der Waals surface area contributed by atoms with Crippen molar-refractivity contribution in [2.24, 2.45) is 0 Å². The minimum atomic E-state index is 0. The van der Waals surface area contributed by atoms with Crippen molar-refractivity contribution in [3.05, 3.63) is 22.3 Å². The van der Waals surface area contributed by atoms with Crippen molar-refractivity contribution in [3.8, 4) is 0 Å². The Morgan fingerprint density at radius 1 is 1.23 bits per heavy atom. The van der Waals surface area contributed by atoms with Crippen LogP contribution in [0.4, 0.5) is 5.82 Å². The topological polar surface area (TPSA) is 51.7 Å². The SMILES string of the molecule is C[C@H]1CNCCN1CC(=O)N1CCN(c2ncc(Cl)cc2Cl)CC1.Cl.Cl. The summed E-state index contributed by atoms with van der Waals surface area (Å²) in [6.07, 6.45) is 1.60. The van der Waals surface area contributed by atoms with E-state index in [4.69, 9.17) is 23.2 Å². The number of amides is 1. The van der Waals surface area contributed by atoms with E-state index in [1.54, 1.807) is 12.3 Å². The molecular weight excluding hydrogens is 420 g/mol. The van der Waals surface area contributed by atoms with Gasteiger partial charge in [-0.15, -0.1) is 24.8 Å². The number of pyridine rings is 1. The van der Waals surface area contributed by atoms with Gasteiger partial charge >= 0.3 is 0 Å². The Morgan fingerprint density at radius 3 is 2.54 bits per heavy atom. The highest BCUT2D eigenvalue weighted by Crippen LogP contribution is 2.26. The van der Waals surface area contributed by atoms with Crippen molar-refractivity contribution in [3.63, 3.8) is 0 Å². The number of hydrogen-bond donors (Lipinski definition) is 1. The number of hydrogen-bond acceptors (Lipinski definition) is 5. The molecule has 3 rings (SSSR count). The summed E-state index contributed by atoms with van der Waals surface area (Å²) < 4.78 is 0. The van der Waals surface area contributed by atoms with Crippen molar-refractivity contribution in [2.45, 2.75) is 13.0 Å². The number of aromatic nitrogens is 1. The molecule has 2 aliphatic heterocycles. The fraction of sp³-hybridized carbons (Fsp3) is 0.625. The highest BCUT2D eigenvalue weighted by molar-refractivity contribution is 6.36. The molecule has 1 atom stereocenters. The normalized spacial score (nSPS) is 21.0. The number of rotatable bonds is 3. The minimum Gasteiger partial charge on any atom is -0.352 e. The van der Waals surface area contributed by atoms with Crippen LogP contribution >= 0.6 is 48.0 Å². The van der Waals surface area contributed by atoms with E-state index in [0.717, 1.165) is 38.5 Å². The second kappa shape index (κ2) is 10.7. The van der Waals surface area contributed by atoms with E-state index < -0.39 is 0 Å². The maximum absolute atomic E-state index is 12.6. The summed E-state index contributed by atoms with van der Waals surface area (Å²) in [4.78, 5) is 23.2. The Labute approximate surface area is 177 Å². The van der Waals surface area contributed by atoms with Gasteiger partial charge in [-0.3, -0.25) is 9.69 Å². The zero-order valence-electron chi connectivity index (χ0n) is 14.7. The lowest BCUT2D eigenvalue weighted by Crippen LogP contribution is -2.55. The predicted octanol–water partition coefficient (Wildman–Crippen LogP) is 2.17. The summed E-state index contributed by atoms with van der Waals surface area (Å²) in [5.74, 6) is 0.947. The molecule has 1 N–H and O–H groups in total. The second-order valence-corrected chi connectivity index (χ2v) is 7.19. The standard InChI is InChI=1S/C16H23Cl2N5O.2ClH/c1-12-9-19-2-3-23(12)11-15(24)21-4-6-22(7-5-21)16-14(18)8-13(17)10-20-16;;/h8,10,12,19H,2-7,9,11H2,1H3;2*1H/t12-;;/m0../s1. The van der Waals surface area contributed by atoms with Crippen LogP contribution in [0, 0.1) is 0 Å². The van der Waals surface area contributed by atoms with Gasteiger partial charge in [0.2, 0.25) is 5.91 Å². The molecule has 0 aromatic carbocycles. The Bertz CT molecular complexity index is 598. The van der Waals surface area contributed by atoms with Gasteiger partial charge < -0.3 is 15.1 Å². The second-order valence-electron chi connectivity index (χ2n) is 6.35. The lowest BCUT2D eigenvalue weighted by molar-refractivity contribution is -0.133. The summed E-state index contributed by atoms with van der Waals surface area (Å²) in [5.41, 5.74) is 0. The molecule has 0 bridgehead atoms. The largest absolute Gasteiger partial charge is 0.352 e. The summed E-state index contributed by atoms with van der Waals surface area (Å²) in [6.45, 7) is 8.34. The van der Waals surface area contributed by atoms with Crippen LogP contribution < -0.4 is 10.2 Å². The number of nitrogens with zero attached hydrogens (tertiary/aromatic N) is 4. The zero-order valence-corrected chi connectivity index (χ0v) is 17.8. The molecule has 0 spiro atoms. The smallest absolute Gasteiger partial charge is 0.236 e. The van der Waals surface area contributed by atoms with Crippen LogP contribution in [0.1, 0.15) is 6.92 Å². The molecule has 26 heavy (non-hydrogen) atoms. The maximum Gasteiger partial charge on any atom is 0.236 e. The van der Waals surface area contributed by atoms with E-state index in [9.17, 15) is 4.79 Å². The van der Waals surface area contributed by atoms with Crippen molar-refractivity contribution in [2.75, 3.05) is 57.3 Å². The Kier molecular flexibility index (Phi) is 9.72. The van der Waals surface area contributed by atoms with E-state index in [1.165, 1.54) is 0 Å². The Hall–Kier alpha value is -0.500. The quantitative estimate of drug-likeness (QED) is 0.774. The average molecular weight is 445 g/mol. The van der Waals surface area contributed by atoms with E-state index in [1.807, 2.05) is 4.90 Å². The zero-order chi connectivity index (χ0) is 17.1. The Morgan fingerprint density at radius 2 is 1.92 bits per heavy atom. The molecule has 148 valence electrons. The molecular formula is C16H25Cl4N5O. The summed E-state index contributed by atoms with van der Waals surface area (Å²) in [6, 6.07) is 2.11. The third-order valence-corrected chi connectivity index (χ3v) is 5.18. The van der Waals surface area contributed by atoms with E-state index >= 15 is 0 Å². The summed E-state index contributed by atoms with van der Waals surface area (Å²) in [7, 11) is 0. The number of carbonyl (C=O) groups excluding carboxylic acids is 1. The molecule has 1 amide bonds. The third-order valence-electron chi connectivity index (χ3n) is 4.70. The predicted molar refractivity (Wildman–Crippen MR) is 111 cm³/mol. The van der Waals surface area contributed by atoms with Crippen molar-refractivity contribution < 1.29 is 4.79 Å². The first-order valence-corrected chi connectivity index (χ1v) is 9.08. The van der Waals surface area contributed by atoms with Crippen LogP contribution in [0.15, 0.2) is 12.3 Å². The molecule has 0 saturated carbocycles. The molecule has 10 heteroatoms. The fourth-order valence-corrected chi connectivity index (χ4v) is 3.70. The van der Waals surface area contributed by atoms with Crippen LogP contribution in [-0.2, 0) is 4.79 Å². The molecule has 1 aromatic heterocycles. The van der Waals surface area contributed by atoms with E-state index in [0.29, 0.717) is 35.7 Å². The minimum absolute atomic E-state index is 0. The molecule has 2 aliphatic rings. The van der Waals surface area contributed by atoms with E-state index in [2.05, 4.69) is 27.0 Å². The summed E-state index contributed by atoms with van der Waals surface area (Å²) in [5, 5.41) is 4.43. The first kappa shape index (κ1) is 23.5. The number of anilines is 1. The monoisotopic (exact) mass is 443 g/mol. The van der Waals surface area contributed by atoms with Gasteiger partial charge in [-0.05, 0) is 13.0 Å². The summed E-state index contributed by atoms with van der Waals surface area (Å²) >= 11 is 12.1. The highest BCUT2D eigenvalue weighted by atomic mass is 35.5. The van der Waals surface area contributed by atoms with E-state index in [-0.39, 0.29) is 30.7 Å². The first-order chi connectivity index (χ1) is 11.5. The van der Waals surface area contributed by atoms with Crippen molar-refractivity contribution >= 4 is 59.7 Å². The van der Waals surface area contributed by atoms with Gasteiger partial charge in [-0.25, -0.2) is 4.98 Å². The number of piperazine rings is 2. The molecule has 3 heterocycles. The van der Waals surface area contributed by atoms with Crippen molar-refractivity contribution in [1.29, 1.82) is 0 Å². The Balaban J connectivity index is 0.00000169. The van der Waals surface area contributed by atoms with Gasteiger partial charge in [-0.2, -0.15) is 0 Å². The fourth-order valence-electron chi connectivity index (χ4n) is 3.20. The lowest BCUT2D eigenvalue weighted by Gasteiger charge is -2.38. The van der Waals surface area contributed by atoms with Crippen LogP contribution in [0.5, 0.6) is 0 Å². The highest BCUT2D eigenvalue weighted by Gasteiger charge is 2.26. The molecule has 6 nitrogen and oxygen atoms in total. The van der Waals surface area contributed by atoms with Gasteiger partial charge in [0, 0.05) is 58.1 Å². The molecule has 0 aliphatic carbocycles. The maximum atomic E-state index is 12.6. The number of nitrogens with one attached hydrogen (secondary N) is 1. The van der Waals surface area contributed by atoms with Gasteiger partial charge in [0.25, 0.3) is 0 Å². The van der Waals surface area contributed by atoms with Gasteiger partial charge in [0.15, 0.2) is 0 Å². The molecule has 2 saturated heterocycles. The average Bonchev–Trinajstić information content (AvgIpc) is 2.57. The van der Waals surface area contributed by atoms with Gasteiger partial charge in [-0.1, -0.05) is 23.2 Å². The van der Waals surface area contributed by atoms with Crippen LogP contribution in [0.2, 0.25) is 10.0 Å². The third kappa shape index (κ3) is 5.75. The lowest BCUT2D eigenvalue weighted by atomic mass is 10.2. The van der Waals surface area contributed by atoms with Gasteiger partial charge in [0.05, 0.1) is 16.6 Å². The van der Waals surface area contributed by atoms with Crippen LogP contribution in [0.25, 0.3) is 0 Å². The first-order valence-electron chi connectivity index (χ1n) is 8.33. The molecule has 1 aromatic rings. The molecule has 0 unspecified atom stereocenters. The van der Waals surface area contributed by atoms with Crippen molar-refractivity contribution in [1.82, 2.24) is 20.1 Å². The van der Waals surface area contributed by atoms with Crippen LogP contribution in [0.3, 0.4) is 0 Å². The molecule has 2 fully saturated rings. The number of carbonyl (C=O) groups is 1. The van der Waals surface area contributed by atoms with Crippen LogP contribution in [-0.4, -0.2) is 79.1 Å².